The van der Waals surface area contributed by atoms with Crippen molar-refractivity contribution >= 4 is 23.3 Å². The molecule has 1 atom stereocenters. The summed E-state index contributed by atoms with van der Waals surface area (Å²) < 4.78 is 10.4. The molecule has 2 aromatic rings. The lowest BCUT2D eigenvalue weighted by Gasteiger charge is -2.22. The SMILES string of the molecule is COc1cc(OC)cc(C(=O)NC(C(=O)Nc2ccc(N)nc2)C(C)C)c1. The number of aromatic nitrogens is 1. The molecular formula is C19H24N4O4. The van der Waals surface area contributed by atoms with Crippen molar-refractivity contribution in [3.8, 4) is 11.5 Å². The lowest BCUT2D eigenvalue weighted by Crippen LogP contribution is -2.47. The molecular weight excluding hydrogens is 348 g/mol. The van der Waals surface area contributed by atoms with Gasteiger partial charge in [0.25, 0.3) is 5.91 Å². The summed E-state index contributed by atoms with van der Waals surface area (Å²) in [5.41, 5.74) is 6.37. The number of hydrogen-bond acceptors (Lipinski definition) is 6. The minimum Gasteiger partial charge on any atom is -0.497 e. The first-order valence-electron chi connectivity index (χ1n) is 8.40. The molecule has 27 heavy (non-hydrogen) atoms. The molecule has 8 nitrogen and oxygen atoms in total. The number of carbonyl (C=O) groups excluding carboxylic acids is 2. The quantitative estimate of drug-likeness (QED) is 0.685. The van der Waals surface area contributed by atoms with Gasteiger partial charge in [-0.25, -0.2) is 4.98 Å². The van der Waals surface area contributed by atoms with Crippen LogP contribution in [0.4, 0.5) is 11.5 Å². The minimum atomic E-state index is -0.743. The topological polar surface area (TPSA) is 116 Å². The number of benzene rings is 1. The van der Waals surface area contributed by atoms with Crippen LogP contribution in [0.25, 0.3) is 0 Å². The van der Waals surface area contributed by atoms with Crippen molar-refractivity contribution in [2.24, 2.45) is 5.92 Å². The fourth-order valence-corrected chi connectivity index (χ4v) is 2.40. The lowest BCUT2D eigenvalue weighted by molar-refractivity contribution is -0.118. The first-order chi connectivity index (χ1) is 12.8. The van der Waals surface area contributed by atoms with Gasteiger partial charge in [0.15, 0.2) is 0 Å². The van der Waals surface area contributed by atoms with Gasteiger partial charge in [-0.3, -0.25) is 9.59 Å². The summed E-state index contributed by atoms with van der Waals surface area (Å²) in [5, 5.41) is 5.49. The van der Waals surface area contributed by atoms with E-state index in [9.17, 15) is 9.59 Å². The summed E-state index contributed by atoms with van der Waals surface area (Å²) in [4.78, 5) is 29.2. The number of anilines is 2. The molecule has 0 saturated carbocycles. The van der Waals surface area contributed by atoms with E-state index in [1.165, 1.54) is 20.4 Å². The predicted molar refractivity (Wildman–Crippen MR) is 103 cm³/mol. The van der Waals surface area contributed by atoms with Crippen LogP contribution in [0.15, 0.2) is 36.5 Å². The van der Waals surface area contributed by atoms with Gasteiger partial charge >= 0.3 is 0 Å². The second-order valence-electron chi connectivity index (χ2n) is 6.26. The predicted octanol–water partition coefficient (Wildman–Crippen LogP) is 2.07. The van der Waals surface area contributed by atoms with Crippen molar-refractivity contribution in [1.29, 1.82) is 0 Å². The molecule has 8 heteroatoms. The van der Waals surface area contributed by atoms with E-state index in [1.54, 1.807) is 30.3 Å². The van der Waals surface area contributed by atoms with E-state index < -0.39 is 11.9 Å². The van der Waals surface area contributed by atoms with Crippen molar-refractivity contribution in [2.45, 2.75) is 19.9 Å². The summed E-state index contributed by atoms with van der Waals surface area (Å²) in [7, 11) is 3.00. The Labute approximate surface area is 158 Å². The maximum absolute atomic E-state index is 12.7. The molecule has 0 radical (unpaired) electrons. The monoisotopic (exact) mass is 372 g/mol. The second-order valence-corrected chi connectivity index (χ2v) is 6.26. The largest absolute Gasteiger partial charge is 0.497 e. The average molecular weight is 372 g/mol. The maximum Gasteiger partial charge on any atom is 0.252 e. The Balaban J connectivity index is 2.16. The van der Waals surface area contributed by atoms with Crippen molar-refractivity contribution < 1.29 is 19.1 Å². The van der Waals surface area contributed by atoms with Gasteiger partial charge in [0.2, 0.25) is 5.91 Å². The zero-order chi connectivity index (χ0) is 20.0. The van der Waals surface area contributed by atoms with Gasteiger partial charge in [0.1, 0.15) is 23.4 Å². The van der Waals surface area contributed by atoms with Gasteiger partial charge in [0.05, 0.1) is 26.1 Å². The van der Waals surface area contributed by atoms with Crippen LogP contribution in [0.2, 0.25) is 0 Å². The van der Waals surface area contributed by atoms with Gasteiger partial charge in [0, 0.05) is 11.6 Å². The number of pyridine rings is 1. The highest BCUT2D eigenvalue weighted by molar-refractivity contribution is 6.01. The highest BCUT2D eigenvalue weighted by Crippen LogP contribution is 2.22. The van der Waals surface area contributed by atoms with Crippen LogP contribution in [0, 0.1) is 5.92 Å². The molecule has 0 aliphatic carbocycles. The Hall–Kier alpha value is -3.29. The summed E-state index contributed by atoms with van der Waals surface area (Å²) in [6.07, 6.45) is 1.46. The molecule has 2 rings (SSSR count). The van der Waals surface area contributed by atoms with Gasteiger partial charge < -0.3 is 25.8 Å². The van der Waals surface area contributed by atoms with E-state index in [0.717, 1.165) is 0 Å². The maximum atomic E-state index is 12.7. The molecule has 4 N–H and O–H groups in total. The van der Waals surface area contributed by atoms with Crippen LogP contribution in [0.1, 0.15) is 24.2 Å². The fourth-order valence-electron chi connectivity index (χ4n) is 2.40. The van der Waals surface area contributed by atoms with E-state index in [2.05, 4.69) is 15.6 Å². The summed E-state index contributed by atoms with van der Waals surface area (Å²) in [6, 6.07) is 7.31. The van der Waals surface area contributed by atoms with Crippen LogP contribution in [0.3, 0.4) is 0 Å². The molecule has 1 aromatic carbocycles. The standard InChI is InChI=1S/C19H24N4O4/c1-11(2)17(19(25)22-13-5-6-16(20)21-10-13)23-18(24)12-7-14(26-3)9-15(8-12)27-4/h5-11,17H,1-4H3,(H2,20,21)(H,22,25)(H,23,24). The van der Waals surface area contributed by atoms with Crippen molar-refractivity contribution in [2.75, 3.05) is 25.3 Å². The zero-order valence-electron chi connectivity index (χ0n) is 15.8. The number of amides is 2. The molecule has 0 bridgehead atoms. The molecule has 0 aliphatic rings. The first kappa shape index (κ1) is 20.0. The Bertz CT molecular complexity index is 784. The third-order valence-corrected chi connectivity index (χ3v) is 3.90. The first-order valence-corrected chi connectivity index (χ1v) is 8.40. The van der Waals surface area contributed by atoms with E-state index in [4.69, 9.17) is 15.2 Å². The van der Waals surface area contributed by atoms with E-state index in [-0.39, 0.29) is 11.8 Å². The molecule has 144 valence electrons. The molecule has 0 fully saturated rings. The normalized spacial score (nSPS) is 11.6. The highest BCUT2D eigenvalue weighted by atomic mass is 16.5. The van der Waals surface area contributed by atoms with E-state index in [1.807, 2.05) is 13.8 Å². The minimum absolute atomic E-state index is 0.136. The van der Waals surface area contributed by atoms with Crippen LogP contribution in [-0.2, 0) is 4.79 Å². The van der Waals surface area contributed by atoms with Crippen molar-refractivity contribution in [3.05, 3.63) is 42.1 Å². The molecule has 1 aromatic heterocycles. The number of rotatable bonds is 7. The van der Waals surface area contributed by atoms with E-state index >= 15 is 0 Å². The van der Waals surface area contributed by atoms with Crippen molar-refractivity contribution in [1.82, 2.24) is 10.3 Å². The Kier molecular flexibility index (Phi) is 6.59. The number of hydrogen-bond donors (Lipinski definition) is 3. The molecule has 0 spiro atoms. The highest BCUT2D eigenvalue weighted by Gasteiger charge is 2.25. The smallest absolute Gasteiger partial charge is 0.252 e. The fraction of sp³-hybridized carbons (Fsp3) is 0.316. The molecule has 0 aliphatic heterocycles. The Morgan fingerprint density at radius 1 is 1.07 bits per heavy atom. The van der Waals surface area contributed by atoms with Crippen molar-refractivity contribution in [3.63, 3.8) is 0 Å². The van der Waals surface area contributed by atoms with Gasteiger partial charge in [-0.1, -0.05) is 13.8 Å². The van der Waals surface area contributed by atoms with Gasteiger partial charge in [-0.2, -0.15) is 0 Å². The van der Waals surface area contributed by atoms with Gasteiger partial charge in [-0.05, 0) is 30.2 Å². The molecule has 2 amide bonds. The number of nitrogens with zero attached hydrogens (tertiary/aromatic N) is 1. The number of carbonyl (C=O) groups is 2. The van der Waals surface area contributed by atoms with Crippen LogP contribution in [-0.4, -0.2) is 37.1 Å². The third-order valence-electron chi connectivity index (χ3n) is 3.90. The summed E-state index contributed by atoms with van der Waals surface area (Å²) in [6.45, 7) is 3.69. The molecule has 0 saturated heterocycles. The van der Waals surface area contributed by atoms with Gasteiger partial charge in [-0.15, -0.1) is 0 Å². The van der Waals surface area contributed by atoms with Crippen LogP contribution in [0.5, 0.6) is 11.5 Å². The number of nitrogens with two attached hydrogens (primary N) is 1. The zero-order valence-corrected chi connectivity index (χ0v) is 15.8. The number of methoxy groups -OCH3 is 2. The average Bonchev–Trinajstić information content (AvgIpc) is 2.66. The Morgan fingerprint density at radius 3 is 2.19 bits per heavy atom. The number of nitrogen functional groups attached to an aromatic ring is 1. The van der Waals surface area contributed by atoms with Crippen LogP contribution < -0.4 is 25.8 Å². The number of nitrogens with one attached hydrogen (secondary N) is 2. The molecule has 1 unspecified atom stereocenters. The lowest BCUT2D eigenvalue weighted by atomic mass is 10.0. The molecule has 1 heterocycles. The summed E-state index contributed by atoms with van der Waals surface area (Å²) in [5.74, 6) is 0.434. The van der Waals surface area contributed by atoms with E-state index in [0.29, 0.717) is 28.6 Å². The third kappa shape index (κ3) is 5.34. The second kappa shape index (κ2) is 8.88. The Morgan fingerprint density at radius 2 is 1.70 bits per heavy atom. The van der Waals surface area contributed by atoms with Crippen LogP contribution >= 0.6 is 0 Å². The number of ether oxygens (including phenoxy) is 2. The summed E-state index contributed by atoms with van der Waals surface area (Å²) >= 11 is 0.